The highest BCUT2D eigenvalue weighted by atomic mass is 35.5. The summed E-state index contributed by atoms with van der Waals surface area (Å²) in [6, 6.07) is 4.07. The van der Waals surface area contributed by atoms with Gasteiger partial charge in [0.25, 0.3) is 0 Å². The third-order valence-electron chi connectivity index (χ3n) is 2.89. The molecule has 0 aliphatic rings. The Morgan fingerprint density at radius 1 is 1.26 bits per heavy atom. The maximum atomic E-state index is 12.1. The summed E-state index contributed by atoms with van der Waals surface area (Å²) in [4.78, 5) is 22.4. The Morgan fingerprint density at radius 3 is 2.61 bits per heavy atom. The molecule has 0 saturated heterocycles. The van der Waals surface area contributed by atoms with Crippen molar-refractivity contribution in [1.29, 1.82) is 0 Å². The monoisotopic (exact) mass is 348 g/mol. The molecule has 0 spiro atoms. The van der Waals surface area contributed by atoms with E-state index < -0.39 is 6.61 Å². The minimum atomic E-state index is -2.95. The van der Waals surface area contributed by atoms with Crippen LogP contribution in [-0.4, -0.2) is 25.0 Å². The number of rotatable bonds is 9. The second kappa shape index (κ2) is 9.99. The van der Waals surface area contributed by atoms with Crippen LogP contribution in [0.4, 0.5) is 14.5 Å². The lowest BCUT2D eigenvalue weighted by Crippen LogP contribution is -2.20. The molecular weight excluding hydrogens is 330 g/mol. The van der Waals surface area contributed by atoms with E-state index in [0.29, 0.717) is 25.1 Å². The first-order valence-corrected chi connectivity index (χ1v) is 7.55. The van der Waals surface area contributed by atoms with E-state index in [9.17, 15) is 18.4 Å². The third kappa shape index (κ3) is 8.35. The summed E-state index contributed by atoms with van der Waals surface area (Å²) in [5.74, 6) is -0.403. The van der Waals surface area contributed by atoms with E-state index in [1.807, 2.05) is 0 Å². The minimum absolute atomic E-state index is 0.00147. The summed E-state index contributed by atoms with van der Waals surface area (Å²) >= 11 is 5.80. The number of ether oxygens (including phenoxy) is 1. The van der Waals surface area contributed by atoms with Gasteiger partial charge in [-0.2, -0.15) is 8.78 Å². The molecule has 8 heteroatoms. The van der Waals surface area contributed by atoms with Crippen molar-refractivity contribution in [1.82, 2.24) is 5.32 Å². The fourth-order valence-corrected chi connectivity index (χ4v) is 2.07. The molecule has 2 N–H and O–H groups in total. The zero-order valence-corrected chi connectivity index (χ0v) is 13.5. The molecule has 128 valence electrons. The van der Waals surface area contributed by atoms with Gasteiger partial charge < -0.3 is 15.4 Å². The van der Waals surface area contributed by atoms with Crippen LogP contribution in [0.5, 0.6) is 5.75 Å². The molecule has 0 aromatic heterocycles. The first-order chi connectivity index (χ1) is 10.9. The number of unbranched alkanes of at least 4 members (excludes halogenated alkanes) is 2. The molecule has 5 nitrogen and oxygen atoms in total. The standard InChI is InChI=1S/C15H19ClF2N2O3/c1-10(21)19-8-4-2-3-5-14(22)20-11-6-7-13(12(16)9-11)23-15(17)18/h6-7,9,15H,2-5,8H2,1H3,(H,19,21)(H,20,22). The van der Waals surface area contributed by atoms with Gasteiger partial charge in [0.2, 0.25) is 11.8 Å². The third-order valence-corrected chi connectivity index (χ3v) is 3.18. The fraction of sp³-hybridized carbons (Fsp3) is 0.467. The largest absolute Gasteiger partial charge is 0.433 e. The SMILES string of the molecule is CC(=O)NCCCCCC(=O)Nc1ccc(OC(F)F)c(Cl)c1. The van der Waals surface area contributed by atoms with Gasteiger partial charge in [0, 0.05) is 25.6 Å². The van der Waals surface area contributed by atoms with Crippen LogP contribution in [0.1, 0.15) is 32.6 Å². The number of alkyl halides is 2. The minimum Gasteiger partial charge on any atom is -0.433 e. The van der Waals surface area contributed by atoms with Crippen LogP contribution < -0.4 is 15.4 Å². The van der Waals surface area contributed by atoms with Crippen LogP contribution in [0, 0.1) is 0 Å². The zero-order valence-electron chi connectivity index (χ0n) is 12.7. The number of nitrogens with one attached hydrogen (secondary N) is 2. The highest BCUT2D eigenvalue weighted by Crippen LogP contribution is 2.29. The number of carbonyl (C=O) groups is 2. The van der Waals surface area contributed by atoms with Crippen LogP contribution in [0.15, 0.2) is 18.2 Å². The highest BCUT2D eigenvalue weighted by Gasteiger charge is 2.10. The van der Waals surface area contributed by atoms with Crippen molar-refractivity contribution in [3.05, 3.63) is 23.2 Å². The number of hydrogen-bond donors (Lipinski definition) is 2. The summed E-state index contributed by atoms with van der Waals surface area (Å²) in [5.41, 5.74) is 0.417. The molecule has 1 rings (SSSR count). The summed E-state index contributed by atoms with van der Waals surface area (Å²) in [6.07, 6.45) is 2.63. The lowest BCUT2D eigenvalue weighted by Gasteiger charge is -2.09. The van der Waals surface area contributed by atoms with Crippen molar-refractivity contribution in [2.45, 2.75) is 39.2 Å². The highest BCUT2D eigenvalue weighted by molar-refractivity contribution is 6.32. The van der Waals surface area contributed by atoms with E-state index in [1.165, 1.54) is 25.1 Å². The van der Waals surface area contributed by atoms with Crippen LogP contribution in [-0.2, 0) is 9.59 Å². The van der Waals surface area contributed by atoms with E-state index in [4.69, 9.17) is 11.6 Å². The fourth-order valence-electron chi connectivity index (χ4n) is 1.85. The number of amides is 2. The van der Waals surface area contributed by atoms with Gasteiger partial charge in [-0.15, -0.1) is 0 Å². The Kier molecular flexibility index (Phi) is 8.32. The Labute approximate surface area is 138 Å². The Balaban J connectivity index is 2.31. The van der Waals surface area contributed by atoms with Gasteiger partial charge in [0.1, 0.15) is 5.75 Å². The lowest BCUT2D eigenvalue weighted by atomic mass is 10.2. The molecule has 0 aliphatic carbocycles. The predicted octanol–water partition coefficient (Wildman–Crippen LogP) is 3.58. The van der Waals surface area contributed by atoms with Gasteiger partial charge in [-0.25, -0.2) is 0 Å². The van der Waals surface area contributed by atoms with Crippen molar-refractivity contribution in [2.75, 3.05) is 11.9 Å². The molecule has 23 heavy (non-hydrogen) atoms. The number of hydrogen-bond acceptors (Lipinski definition) is 3. The lowest BCUT2D eigenvalue weighted by molar-refractivity contribution is -0.119. The first-order valence-electron chi connectivity index (χ1n) is 7.17. The molecule has 1 aromatic carbocycles. The number of benzene rings is 1. The van der Waals surface area contributed by atoms with Crippen molar-refractivity contribution in [2.24, 2.45) is 0 Å². The topological polar surface area (TPSA) is 67.4 Å². The summed E-state index contributed by atoms with van der Waals surface area (Å²) < 4.78 is 28.4. The van der Waals surface area contributed by atoms with E-state index >= 15 is 0 Å². The summed E-state index contributed by atoms with van der Waals surface area (Å²) in [5, 5.41) is 5.31. The number of halogens is 3. The van der Waals surface area contributed by atoms with E-state index in [1.54, 1.807) is 0 Å². The molecule has 0 heterocycles. The normalized spacial score (nSPS) is 10.5. The van der Waals surface area contributed by atoms with Gasteiger partial charge in [-0.3, -0.25) is 9.59 Å². The number of carbonyl (C=O) groups excluding carboxylic acids is 2. The predicted molar refractivity (Wildman–Crippen MR) is 83.9 cm³/mol. The molecule has 0 radical (unpaired) electrons. The van der Waals surface area contributed by atoms with Crippen LogP contribution in [0.2, 0.25) is 5.02 Å². The molecule has 0 fully saturated rings. The second-order valence-electron chi connectivity index (χ2n) is 4.87. The molecule has 1 aromatic rings. The Hall–Kier alpha value is -1.89. The molecule has 2 amide bonds. The summed E-state index contributed by atoms with van der Waals surface area (Å²) in [6.45, 7) is -0.903. The van der Waals surface area contributed by atoms with Crippen molar-refractivity contribution < 1.29 is 23.1 Å². The van der Waals surface area contributed by atoms with Crippen molar-refractivity contribution >= 4 is 29.1 Å². The maximum absolute atomic E-state index is 12.1. The molecule has 0 bridgehead atoms. The van der Waals surface area contributed by atoms with Gasteiger partial charge in [0.05, 0.1) is 5.02 Å². The van der Waals surface area contributed by atoms with Gasteiger partial charge >= 0.3 is 6.61 Å². The van der Waals surface area contributed by atoms with E-state index in [-0.39, 0.29) is 22.6 Å². The van der Waals surface area contributed by atoms with Gasteiger partial charge in [-0.1, -0.05) is 18.0 Å². The Bertz CT molecular complexity index is 541. The number of anilines is 1. The first kappa shape index (κ1) is 19.2. The van der Waals surface area contributed by atoms with Crippen LogP contribution in [0.3, 0.4) is 0 Å². The van der Waals surface area contributed by atoms with Gasteiger partial charge in [0.15, 0.2) is 0 Å². The Morgan fingerprint density at radius 2 is 2.00 bits per heavy atom. The average Bonchev–Trinajstić information content (AvgIpc) is 2.45. The molecular formula is C15H19ClF2N2O3. The van der Waals surface area contributed by atoms with Crippen molar-refractivity contribution in [3.8, 4) is 5.75 Å². The molecule has 0 saturated carbocycles. The zero-order chi connectivity index (χ0) is 17.2. The summed E-state index contributed by atoms with van der Waals surface area (Å²) in [7, 11) is 0. The van der Waals surface area contributed by atoms with E-state index in [2.05, 4.69) is 15.4 Å². The molecule has 0 unspecified atom stereocenters. The van der Waals surface area contributed by atoms with Crippen molar-refractivity contribution in [3.63, 3.8) is 0 Å². The van der Waals surface area contributed by atoms with Crippen LogP contribution >= 0.6 is 11.6 Å². The maximum Gasteiger partial charge on any atom is 0.387 e. The molecule has 0 atom stereocenters. The second-order valence-corrected chi connectivity index (χ2v) is 5.27. The van der Waals surface area contributed by atoms with Gasteiger partial charge in [-0.05, 0) is 31.0 Å². The van der Waals surface area contributed by atoms with E-state index in [0.717, 1.165) is 12.8 Å². The van der Waals surface area contributed by atoms with Crippen LogP contribution in [0.25, 0.3) is 0 Å². The average molecular weight is 349 g/mol. The molecule has 0 aliphatic heterocycles. The smallest absolute Gasteiger partial charge is 0.387 e. The quantitative estimate of drug-likeness (QED) is 0.670.